The molecule has 0 rings (SSSR count). The fraction of sp³-hybridized carbons (Fsp3) is 1.00. The van der Waals surface area contributed by atoms with E-state index in [-0.39, 0.29) is 0 Å². The lowest BCUT2D eigenvalue weighted by Gasteiger charge is -2.31. The minimum Gasteiger partial charge on any atom is -0.281 e. The van der Waals surface area contributed by atoms with E-state index in [1.165, 1.54) is 4.74 Å². The fourth-order valence-electron chi connectivity index (χ4n) is 0.663. The molecule has 0 bridgehead atoms. The van der Waals surface area contributed by atoms with E-state index in [2.05, 4.69) is 0 Å². The molecular formula is C6H2F12O5S. The van der Waals surface area contributed by atoms with E-state index in [4.69, 9.17) is 4.55 Å². The van der Waals surface area contributed by atoms with Crippen LogP contribution in [-0.2, 0) is 19.6 Å². The molecule has 1 unspecified atom stereocenters. The van der Waals surface area contributed by atoms with Crippen LogP contribution in [0.1, 0.15) is 0 Å². The maximum Gasteiger partial charge on any atom is 0.483 e. The van der Waals surface area contributed by atoms with Gasteiger partial charge in [0.15, 0.2) is 0 Å². The molecule has 24 heavy (non-hydrogen) atoms. The van der Waals surface area contributed by atoms with Gasteiger partial charge in [-0.3, -0.25) is 9.29 Å². The van der Waals surface area contributed by atoms with Gasteiger partial charge in [0.05, 0.1) is 0 Å². The van der Waals surface area contributed by atoms with E-state index in [0.29, 0.717) is 0 Å². The first kappa shape index (κ1) is 23.0. The zero-order valence-electron chi connectivity index (χ0n) is 10.1. The van der Waals surface area contributed by atoms with Crippen molar-refractivity contribution >= 4 is 10.1 Å². The smallest absolute Gasteiger partial charge is 0.281 e. The Morgan fingerprint density at radius 2 is 1.12 bits per heavy atom. The van der Waals surface area contributed by atoms with Gasteiger partial charge in [0.2, 0.25) is 0 Å². The van der Waals surface area contributed by atoms with E-state index in [9.17, 15) is 61.1 Å². The van der Waals surface area contributed by atoms with Crippen LogP contribution < -0.4 is 0 Å². The van der Waals surface area contributed by atoms with Crippen molar-refractivity contribution in [2.45, 2.75) is 36.1 Å². The van der Waals surface area contributed by atoms with Crippen molar-refractivity contribution in [1.82, 2.24) is 0 Å². The maximum absolute atomic E-state index is 12.6. The van der Waals surface area contributed by atoms with Crippen molar-refractivity contribution in [3.8, 4) is 0 Å². The standard InChI is InChI=1S/C6H2F12O5S/c7-1(2(8,9)24(19,20)21)22-5(15,16)6(17,18)23-4(13,14)3(10,11)12/h1H,(H,19,20,21). The molecule has 0 saturated heterocycles. The number of alkyl halides is 12. The molecule has 1 atom stereocenters. The first-order chi connectivity index (χ1) is 10.1. The monoisotopic (exact) mass is 414 g/mol. The lowest BCUT2D eigenvalue weighted by atomic mass is 10.5. The first-order valence-electron chi connectivity index (χ1n) is 4.65. The molecule has 18 heteroatoms. The molecular weight excluding hydrogens is 412 g/mol. The highest BCUT2D eigenvalue weighted by Gasteiger charge is 2.73. The summed E-state index contributed by atoms with van der Waals surface area (Å²) in [6, 6.07) is 0. The van der Waals surface area contributed by atoms with Crippen molar-refractivity contribution in [3.05, 3.63) is 0 Å². The molecule has 0 aromatic carbocycles. The third kappa shape index (κ3) is 4.54. The number of hydrogen-bond donors (Lipinski definition) is 1. The number of ether oxygens (including phenoxy) is 2. The summed E-state index contributed by atoms with van der Waals surface area (Å²) in [5.41, 5.74) is 0. The predicted molar refractivity (Wildman–Crippen MR) is 44.5 cm³/mol. The van der Waals surface area contributed by atoms with Crippen LogP contribution in [0.4, 0.5) is 52.7 Å². The summed E-state index contributed by atoms with van der Waals surface area (Å²) in [5, 5.41) is -6.31. The van der Waals surface area contributed by atoms with E-state index in [1.54, 1.807) is 0 Å². The van der Waals surface area contributed by atoms with Crippen LogP contribution in [-0.4, -0.2) is 49.1 Å². The van der Waals surface area contributed by atoms with Crippen LogP contribution in [0.2, 0.25) is 0 Å². The summed E-state index contributed by atoms with van der Waals surface area (Å²) in [6.07, 6.45) is -33.3. The van der Waals surface area contributed by atoms with E-state index >= 15 is 0 Å². The second kappa shape index (κ2) is 6.06. The highest BCUT2D eigenvalue weighted by atomic mass is 32.2. The topological polar surface area (TPSA) is 72.8 Å². The van der Waals surface area contributed by atoms with Crippen LogP contribution in [0.5, 0.6) is 0 Å². The molecule has 146 valence electrons. The van der Waals surface area contributed by atoms with Crippen LogP contribution >= 0.6 is 0 Å². The van der Waals surface area contributed by atoms with Crippen LogP contribution in [0.25, 0.3) is 0 Å². The Kier molecular flexibility index (Phi) is 5.80. The predicted octanol–water partition coefficient (Wildman–Crippen LogP) is 3.14. The van der Waals surface area contributed by atoms with Crippen molar-refractivity contribution in [1.29, 1.82) is 0 Å². The summed E-state index contributed by atoms with van der Waals surface area (Å²) in [7, 11) is -6.86. The van der Waals surface area contributed by atoms with Crippen molar-refractivity contribution in [2.24, 2.45) is 0 Å². The molecule has 0 aromatic heterocycles. The lowest BCUT2D eigenvalue weighted by Crippen LogP contribution is -2.55. The molecule has 0 aliphatic rings. The Hall–Kier alpha value is -1.01. The Morgan fingerprint density at radius 1 is 0.750 bits per heavy atom. The van der Waals surface area contributed by atoms with Crippen LogP contribution in [0.15, 0.2) is 0 Å². The molecule has 0 fully saturated rings. The summed E-state index contributed by atoms with van der Waals surface area (Å²) in [5.74, 6) is 0. The third-order valence-corrected chi connectivity index (χ3v) is 2.66. The highest BCUT2D eigenvalue weighted by molar-refractivity contribution is 7.86. The zero-order valence-corrected chi connectivity index (χ0v) is 10.9. The van der Waals surface area contributed by atoms with Gasteiger partial charge in [0.25, 0.3) is 6.36 Å². The van der Waals surface area contributed by atoms with Crippen molar-refractivity contribution in [3.63, 3.8) is 0 Å². The van der Waals surface area contributed by atoms with Crippen LogP contribution in [0.3, 0.4) is 0 Å². The van der Waals surface area contributed by atoms with E-state index in [0.717, 1.165) is 0 Å². The van der Waals surface area contributed by atoms with Gasteiger partial charge in [-0.1, -0.05) is 0 Å². The Balaban J connectivity index is 5.52. The molecule has 0 spiro atoms. The summed E-state index contributed by atoms with van der Waals surface area (Å²) in [4.78, 5) is 0. The Labute approximate surface area is 122 Å². The second-order valence-corrected chi connectivity index (χ2v) is 5.12. The van der Waals surface area contributed by atoms with Gasteiger partial charge in [-0.15, -0.1) is 0 Å². The third-order valence-electron chi connectivity index (χ3n) is 1.78. The van der Waals surface area contributed by atoms with Gasteiger partial charge < -0.3 is 0 Å². The highest BCUT2D eigenvalue weighted by Crippen LogP contribution is 2.47. The largest absolute Gasteiger partial charge is 0.483 e. The molecule has 0 aliphatic carbocycles. The Bertz CT molecular complexity index is 553. The SMILES string of the molecule is O=S(=O)(O)C(F)(F)C(F)OC(F)(F)C(F)(F)OC(F)(F)C(F)(F)F. The first-order valence-corrected chi connectivity index (χ1v) is 6.09. The van der Waals surface area contributed by atoms with Gasteiger partial charge in [-0.05, 0) is 0 Å². The molecule has 5 nitrogen and oxygen atoms in total. The van der Waals surface area contributed by atoms with Gasteiger partial charge in [-0.25, -0.2) is 9.13 Å². The van der Waals surface area contributed by atoms with Crippen molar-refractivity contribution < 1.29 is 75.1 Å². The summed E-state index contributed by atoms with van der Waals surface area (Å²) in [6.45, 7) is 0. The molecule has 0 aliphatic heterocycles. The fourth-order valence-corrected chi connectivity index (χ4v) is 0.945. The second-order valence-electron chi connectivity index (χ2n) is 3.62. The average Bonchev–Trinajstić information content (AvgIpc) is 2.22. The van der Waals surface area contributed by atoms with Gasteiger partial charge >= 0.3 is 39.9 Å². The minimum absolute atomic E-state index is 1.46. The summed E-state index contributed by atoms with van der Waals surface area (Å²) < 4.78 is 178. The molecule has 1 N–H and O–H groups in total. The number of hydrogen-bond acceptors (Lipinski definition) is 4. The Morgan fingerprint density at radius 3 is 1.42 bits per heavy atom. The molecule has 0 radical (unpaired) electrons. The molecule has 0 saturated carbocycles. The quantitative estimate of drug-likeness (QED) is 0.512. The number of halogens is 12. The minimum atomic E-state index is -7.06. The maximum atomic E-state index is 12.6. The normalized spacial score (nSPS) is 17.0. The van der Waals surface area contributed by atoms with E-state index < -0.39 is 46.2 Å². The molecule has 0 heterocycles. The van der Waals surface area contributed by atoms with E-state index in [1.807, 2.05) is 4.74 Å². The zero-order chi connectivity index (χ0) is 20.0. The lowest BCUT2D eigenvalue weighted by molar-refractivity contribution is -0.524. The van der Waals surface area contributed by atoms with Gasteiger partial charge in [0, 0.05) is 0 Å². The van der Waals surface area contributed by atoms with Crippen LogP contribution in [0, 0.1) is 0 Å². The van der Waals surface area contributed by atoms with Crippen molar-refractivity contribution in [2.75, 3.05) is 0 Å². The summed E-state index contributed by atoms with van der Waals surface area (Å²) >= 11 is 0. The van der Waals surface area contributed by atoms with Gasteiger partial charge in [0.1, 0.15) is 0 Å². The van der Waals surface area contributed by atoms with Gasteiger partial charge in [-0.2, -0.15) is 56.7 Å². The molecule has 0 aromatic rings. The number of rotatable bonds is 7. The molecule has 0 amide bonds. The average molecular weight is 414 g/mol.